The maximum atomic E-state index is 3.36. The van der Waals surface area contributed by atoms with Crippen molar-refractivity contribution in [2.75, 3.05) is 26.7 Å². The predicted molar refractivity (Wildman–Crippen MR) is 83.6 cm³/mol. The number of rotatable bonds is 6. The minimum absolute atomic E-state index is 1.01. The van der Waals surface area contributed by atoms with E-state index in [1.165, 1.54) is 21.9 Å². The molecule has 0 heterocycles. The molecule has 0 aliphatic heterocycles. The molecule has 0 unspecified atom stereocenters. The van der Waals surface area contributed by atoms with Gasteiger partial charge in [-0.2, -0.15) is 0 Å². The molecule has 2 aromatic carbocycles. The van der Waals surface area contributed by atoms with Crippen molar-refractivity contribution < 1.29 is 0 Å². The van der Waals surface area contributed by atoms with Gasteiger partial charge >= 0.3 is 0 Å². The van der Waals surface area contributed by atoms with E-state index in [4.69, 9.17) is 0 Å². The Balaban J connectivity index is 2.02. The molecule has 0 radical (unpaired) electrons. The van der Waals surface area contributed by atoms with Crippen molar-refractivity contribution in [3.05, 3.63) is 47.5 Å². The summed E-state index contributed by atoms with van der Waals surface area (Å²) >= 11 is 0. The highest BCUT2D eigenvalue weighted by Gasteiger charge is 2.01. The number of nitrogens with one attached hydrogen (secondary N) is 1. The quantitative estimate of drug-likeness (QED) is 0.799. The molecule has 2 heteroatoms. The van der Waals surface area contributed by atoms with Crippen LogP contribution in [0.15, 0.2) is 36.4 Å². The maximum absolute atomic E-state index is 3.36. The van der Waals surface area contributed by atoms with Crippen LogP contribution in [0.4, 0.5) is 0 Å². The molecule has 2 rings (SSSR count). The number of likely N-dealkylation sites (N-methyl/N-ethyl adjacent to an activating group) is 2. The molecule has 0 saturated carbocycles. The number of nitrogens with zero attached hydrogens (tertiary/aromatic N) is 1. The molecule has 2 nitrogen and oxygen atoms in total. The molecule has 0 aromatic heterocycles. The van der Waals surface area contributed by atoms with Gasteiger partial charge in [-0.15, -0.1) is 0 Å². The molecule has 0 spiro atoms. The molecule has 0 amide bonds. The molecule has 0 aliphatic carbocycles. The summed E-state index contributed by atoms with van der Waals surface area (Å²) in [7, 11) is 2.18. The fourth-order valence-corrected chi connectivity index (χ4v) is 2.35. The Morgan fingerprint density at radius 3 is 2.58 bits per heavy atom. The van der Waals surface area contributed by atoms with E-state index in [-0.39, 0.29) is 0 Å². The smallest absolute Gasteiger partial charge is 0.0231 e. The van der Waals surface area contributed by atoms with Crippen molar-refractivity contribution in [3.8, 4) is 0 Å². The van der Waals surface area contributed by atoms with Crippen LogP contribution in [-0.2, 0) is 6.54 Å². The minimum atomic E-state index is 1.01. The van der Waals surface area contributed by atoms with E-state index < -0.39 is 0 Å². The van der Waals surface area contributed by atoms with Gasteiger partial charge in [-0.3, -0.25) is 0 Å². The van der Waals surface area contributed by atoms with Crippen molar-refractivity contribution in [1.82, 2.24) is 10.2 Å². The molecule has 0 bridgehead atoms. The molecule has 102 valence electrons. The van der Waals surface area contributed by atoms with E-state index in [9.17, 15) is 0 Å². The molecule has 2 aromatic rings. The molecular formula is C17H24N2. The highest BCUT2D eigenvalue weighted by Crippen LogP contribution is 2.18. The Kier molecular flexibility index (Phi) is 4.94. The van der Waals surface area contributed by atoms with Crippen LogP contribution < -0.4 is 5.32 Å². The van der Waals surface area contributed by atoms with Crippen molar-refractivity contribution in [2.24, 2.45) is 0 Å². The summed E-state index contributed by atoms with van der Waals surface area (Å²) in [6, 6.07) is 13.4. The third-order valence-electron chi connectivity index (χ3n) is 3.43. The lowest BCUT2D eigenvalue weighted by molar-refractivity contribution is 0.326. The van der Waals surface area contributed by atoms with Gasteiger partial charge in [0, 0.05) is 19.6 Å². The Morgan fingerprint density at radius 2 is 1.79 bits per heavy atom. The molecule has 0 saturated heterocycles. The topological polar surface area (TPSA) is 15.3 Å². The first-order chi connectivity index (χ1) is 9.19. The number of benzene rings is 2. The fourth-order valence-electron chi connectivity index (χ4n) is 2.35. The zero-order chi connectivity index (χ0) is 13.7. The lowest BCUT2D eigenvalue weighted by Crippen LogP contribution is -2.28. The molecule has 19 heavy (non-hydrogen) atoms. The van der Waals surface area contributed by atoms with Gasteiger partial charge in [0.1, 0.15) is 0 Å². The van der Waals surface area contributed by atoms with E-state index in [1.807, 2.05) is 0 Å². The van der Waals surface area contributed by atoms with Crippen LogP contribution >= 0.6 is 0 Å². The van der Waals surface area contributed by atoms with Gasteiger partial charge in [0.05, 0.1) is 0 Å². The second kappa shape index (κ2) is 6.69. The number of aryl methyl sites for hydroxylation is 1. The van der Waals surface area contributed by atoms with Crippen LogP contribution in [0.5, 0.6) is 0 Å². The molecular weight excluding hydrogens is 232 g/mol. The van der Waals surface area contributed by atoms with Gasteiger partial charge in [-0.25, -0.2) is 0 Å². The highest BCUT2D eigenvalue weighted by atomic mass is 15.1. The van der Waals surface area contributed by atoms with E-state index >= 15 is 0 Å². The molecule has 1 N–H and O–H groups in total. The monoisotopic (exact) mass is 256 g/mol. The third-order valence-corrected chi connectivity index (χ3v) is 3.43. The standard InChI is InChI=1S/C17H24N2/c1-4-18-9-10-19(3)13-15-6-8-16-11-14(2)5-7-17(16)12-15/h5-8,11-12,18H,4,9-10,13H2,1-3H3. The van der Waals surface area contributed by atoms with Gasteiger partial charge in [0.15, 0.2) is 0 Å². The first-order valence-corrected chi connectivity index (χ1v) is 7.07. The average molecular weight is 256 g/mol. The van der Waals surface area contributed by atoms with Crippen LogP contribution in [0, 0.1) is 6.92 Å². The number of hydrogen-bond acceptors (Lipinski definition) is 2. The summed E-state index contributed by atoms with van der Waals surface area (Å²) in [5.74, 6) is 0. The number of fused-ring (bicyclic) bond motifs is 1. The van der Waals surface area contributed by atoms with Crippen LogP contribution in [-0.4, -0.2) is 31.6 Å². The summed E-state index contributed by atoms with van der Waals surface area (Å²) < 4.78 is 0. The van der Waals surface area contributed by atoms with Crippen LogP contribution in [0.3, 0.4) is 0 Å². The zero-order valence-corrected chi connectivity index (χ0v) is 12.2. The summed E-state index contributed by atoms with van der Waals surface area (Å²) in [4.78, 5) is 2.36. The average Bonchev–Trinajstić information content (AvgIpc) is 2.39. The summed E-state index contributed by atoms with van der Waals surface area (Å²) in [5, 5.41) is 6.03. The second-order valence-electron chi connectivity index (χ2n) is 5.28. The Hall–Kier alpha value is -1.38. The van der Waals surface area contributed by atoms with Crippen molar-refractivity contribution >= 4 is 10.8 Å². The number of hydrogen-bond donors (Lipinski definition) is 1. The molecule has 0 atom stereocenters. The van der Waals surface area contributed by atoms with E-state index in [1.54, 1.807) is 0 Å². The van der Waals surface area contributed by atoms with Gasteiger partial charge in [0.25, 0.3) is 0 Å². The highest BCUT2D eigenvalue weighted by molar-refractivity contribution is 5.83. The summed E-state index contributed by atoms with van der Waals surface area (Å²) in [6.45, 7) is 8.48. The van der Waals surface area contributed by atoms with Crippen molar-refractivity contribution in [3.63, 3.8) is 0 Å². The second-order valence-corrected chi connectivity index (χ2v) is 5.28. The van der Waals surface area contributed by atoms with Gasteiger partial charge in [-0.05, 0) is 42.9 Å². The Morgan fingerprint density at radius 1 is 1.05 bits per heavy atom. The molecule has 0 aliphatic rings. The lowest BCUT2D eigenvalue weighted by atomic mass is 10.0. The summed E-state index contributed by atoms with van der Waals surface area (Å²) in [5.41, 5.74) is 2.71. The van der Waals surface area contributed by atoms with Crippen LogP contribution in [0.25, 0.3) is 10.8 Å². The zero-order valence-electron chi connectivity index (χ0n) is 12.2. The van der Waals surface area contributed by atoms with Gasteiger partial charge < -0.3 is 10.2 Å². The third kappa shape index (κ3) is 4.05. The Bertz CT molecular complexity index is 534. The minimum Gasteiger partial charge on any atom is -0.316 e. The fraction of sp³-hybridized carbons (Fsp3) is 0.412. The first kappa shape index (κ1) is 14.0. The first-order valence-electron chi connectivity index (χ1n) is 7.07. The van der Waals surface area contributed by atoms with Crippen LogP contribution in [0.1, 0.15) is 18.1 Å². The van der Waals surface area contributed by atoms with Crippen LogP contribution in [0.2, 0.25) is 0 Å². The van der Waals surface area contributed by atoms with Gasteiger partial charge in [0.2, 0.25) is 0 Å². The largest absolute Gasteiger partial charge is 0.316 e. The SMILES string of the molecule is CCNCCN(C)Cc1ccc2cc(C)ccc2c1. The lowest BCUT2D eigenvalue weighted by Gasteiger charge is -2.17. The van der Waals surface area contributed by atoms with Crippen molar-refractivity contribution in [1.29, 1.82) is 0 Å². The van der Waals surface area contributed by atoms with E-state index in [2.05, 4.69) is 67.5 Å². The van der Waals surface area contributed by atoms with E-state index in [0.717, 1.165) is 26.2 Å². The van der Waals surface area contributed by atoms with Gasteiger partial charge in [-0.1, -0.05) is 42.8 Å². The summed E-state index contributed by atoms with van der Waals surface area (Å²) in [6.07, 6.45) is 0. The molecule has 0 fully saturated rings. The maximum Gasteiger partial charge on any atom is 0.0231 e. The van der Waals surface area contributed by atoms with E-state index in [0.29, 0.717) is 0 Å². The Labute approximate surface area is 116 Å². The van der Waals surface area contributed by atoms with Crippen molar-refractivity contribution in [2.45, 2.75) is 20.4 Å². The normalized spacial score (nSPS) is 11.4. The predicted octanol–water partition coefficient (Wildman–Crippen LogP) is 3.19.